The Bertz CT molecular complexity index is 439. The molecule has 18 heavy (non-hydrogen) atoms. The van der Waals surface area contributed by atoms with E-state index < -0.39 is 0 Å². The van der Waals surface area contributed by atoms with Gasteiger partial charge in [0.05, 0.1) is 18.9 Å². The predicted octanol–water partition coefficient (Wildman–Crippen LogP) is 2.53. The molecule has 0 spiro atoms. The van der Waals surface area contributed by atoms with Crippen LogP contribution in [0.3, 0.4) is 0 Å². The van der Waals surface area contributed by atoms with Crippen molar-refractivity contribution in [3.8, 4) is 0 Å². The molecule has 1 aromatic carbocycles. The molecule has 2 aromatic rings. The van der Waals surface area contributed by atoms with Crippen LogP contribution in [0.15, 0.2) is 53.1 Å². The highest BCUT2D eigenvalue weighted by molar-refractivity contribution is 5.19. The van der Waals surface area contributed by atoms with Crippen molar-refractivity contribution in [3.63, 3.8) is 0 Å². The smallest absolute Gasteiger partial charge is 0.105 e. The third-order valence-corrected chi connectivity index (χ3v) is 2.96. The zero-order valence-corrected chi connectivity index (χ0v) is 10.5. The molecule has 2 rings (SSSR count). The summed E-state index contributed by atoms with van der Waals surface area (Å²) in [6.45, 7) is 2.18. The maximum Gasteiger partial charge on any atom is 0.105 e. The maximum absolute atomic E-state index is 9.47. The van der Waals surface area contributed by atoms with Gasteiger partial charge < -0.3 is 14.8 Å². The van der Waals surface area contributed by atoms with Gasteiger partial charge in [-0.1, -0.05) is 30.3 Å². The number of hydrogen-bond acceptors (Lipinski definition) is 3. The van der Waals surface area contributed by atoms with E-state index in [1.807, 2.05) is 42.5 Å². The minimum absolute atomic E-state index is 0.0313. The van der Waals surface area contributed by atoms with Crippen LogP contribution in [0.2, 0.25) is 0 Å². The summed E-state index contributed by atoms with van der Waals surface area (Å²) < 4.78 is 5.32. The second-order valence-corrected chi connectivity index (χ2v) is 4.50. The SMILES string of the molecule is CC(Cc1ccco1)NC(CO)c1ccccc1. The second-order valence-electron chi connectivity index (χ2n) is 4.50. The first kappa shape index (κ1) is 12.9. The van der Waals surface area contributed by atoms with Crippen LogP contribution in [-0.2, 0) is 6.42 Å². The molecule has 0 amide bonds. The van der Waals surface area contributed by atoms with Crippen LogP contribution in [0, 0.1) is 0 Å². The lowest BCUT2D eigenvalue weighted by Gasteiger charge is -2.21. The van der Waals surface area contributed by atoms with Gasteiger partial charge in [0, 0.05) is 12.5 Å². The molecule has 0 radical (unpaired) electrons. The van der Waals surface area contributed by atoms with Crippen molar-refractivity contribution in [3.05, 3.63) is 60.1 Å². The van der Waals surface area contributed by atoms with Crippen molar-refractivity contribution in [1.29, 1.82) is 0 Å². The van der Waals surface area contributed by atoms with E-state index in [1.54, 1.807) is 6.26 Å². The Balaban J connectivity index is 1.94. The van der Waals surface area contributed by atoms with Gasteiger partial charge in [-0.2, -0.15) is 0 Å². The number of aliphatic hydroxyl groups is 1. The van der Waals surface area contributed by atoms with Crippen molar-refractivity contribution in [2.24, 2.45) is 0 Å². The Morgan fingerprint density at radius 3 is 2.56 bits per heavy atom. The molecule has 3 heteroatoms. The minimum Gasteiger partial charge on any atom is -0.469 e. The van der Waals surface area contributed by atoms with E-state index in [0.29, 0.717) is 0 Å². The quantitative estimate of drug-likeness (QED) is 0.822. The molecule has 2 atom stereocenters. The molecule has 0 aliphatic carbocycles. The van der Waals surface area contributed by atoms with Gasteiger partial charge in [-0.05, 0) is 24.6 Å². The Hall–Kier alpha value is -1.58. The Labute approximate surface area is 107 Å². The van der Waals surface area contributed by atoms with Crippen LogP contribution in [-0.4, -0.2) is 17.8 Å². The van der Waals surface area contributed by atoms with E-state index in [2.05, 4.69) is 12.2 Å². The highest BCUT2D eigenvalue weighted by Gasteiger charge is 2.14. The summed E-state index contributed by atoms with van der Waals surface area (Å²) in [7, 11) is 0. The fourth-order valence-electron chi connectivity index (χ4n) is 2.07. The standard InChI is InChI=1S/C15H19NO2/c1-12(10-14-8-5-9-18-14)16-15(11-17)13-6-3-2-4-7-13/h2-9,12,15-17H,10-11H2,1H3. The second kappa shape index (κ2) is 6.38. The normalized spacial score (nSPS) is 14.3. The van der Waals surface area contributed by atoms with Crippen molar-refractivity contribution in [1.82, 2.24) is 5.32 Å². The lowest BCUT2D eigenvalue weighted by Crippen LogP contribution is -2.34. The number of aliphatic hydroxyl groups excluding tert-OH is 1. The molecule has 2 unspecified atom stereocenters. The van der Waals surface area contributed by atoms with Gasteiger partial charge in [0.25, 0.3) is 0 Å². The minimum atomic E-state index is -0.0313. The lowest BCUT2D eigenvalue weighted by atomic mass is 10.1. The first-order valence-corrected chi connectivity index (χ1v) is 6.24. The monoisotopic (exact) mass is 245 g/mol. The van der Waals surface area contributed by atoms with Crippen LogP contribution in [0.4, 0.5) is 0 Å². The van der Waals surface area contributed by atoms with Gasteiger partial charge in [0.1, 0.15) is 5.76 Å². The van der Waals surface area contributed by atoms with E-state index in [4.69, 9.17) is 4.42 Å². The first-order chi connectivity index (χ1) is 8.79. The maximum atomic E-state index is 9.47. The molecule has 0 aliphatic rings. The summed E-state index contributed by atoms with van der Waals surface area (Å²) in [5.74, 6) is 0.958. The molecule has 0 fully saturated rings. The van der Waals surface area contributed by atoms with Gasteiger partial charge in [-0.15, -0.1) is 0 Å². The molecular weight excluding hydrogens is 226 g/mol. The fourth-order valence-corrected chi connectivity index (χ4v) is 2.07. The first-order valence-electron chi connectivity index (χ1n) is 6.24. The highest BCUT2D eigenvalue weighted by Crippen LogP contribution is 2.14. The highest BCUT2D eigenvalue weighted by atomic mass is 16.3. The van der Waals surface area contributed by atoms with Gasteiger partial charge >= 0.3 is 0 Å². The Morgan fingerprint density at radius 2 is 1.94 bits per heavy atom. The molecule has 1 aromatic heterocycles. The summed E-state index contributed by atoms with van der Waals surface area (Å²) in [6, 6.07) is 14.1. The number of nitrogens with one attached hydrogen (secondary N) is 1. The van der Waals surface area contributed by atoms with Crippen molar-refractivity contribution < 1.29 is 9.52 Å². The zero-order chi connectivity index (χ0) is 12.8. The molecule has 0 bridgehead atoms. The molecule has 0 aliphatic heterocycles. The van der Waals surface area contributed by atoms with Gasteiger partial charge in [0.15, 0.2) is 0 Å². The van der Waals surface area contributed by atoms with Crippen LogP contribution in [0.1, 0.15) is 24.3 Å². The van der Waals surface area contributed by atoms with E-state index in [1.165, 1.54) is 0 Å². The number of hydrogen-bond donors (Lipinski definition) is 2. The van der Waals surface area contributed by atoms with Crippen LogP contribution in [0.5, 0.6) is 0 Å². The predicted molar refractivity (Wildman–Crippen MR) is 71.3 cm³/mol. The van der Waals surface area contributed by atoms with Crippen molar-refractivity contribution >= 4 is 0 Å². The average molecular weight is 245 g/mol. The summed E-state index contributed by atoms with van der Waals surface area (Å²) in [4.78, 5) is 0. The Morgan fingerprint density at radius 1 is 1.17 bits per heavy atom. The van der Waals surface area contributed by atoms with Gasteiger partial charge in [0.2, 0.25) is 0 Å². The van der Waals surface area contributed by atoms with E-state index in [9.17, 15) is 5.11 Å². The van der Waals surface area contributed by atoms with Crippen LogP contribution >= 0.6 is 0 Å². The lowest BCUT2D eigenvalue weighted by molar-refractivity contribution is 0.233. The summed E-state index contributed by atoms with van der Waals surface area (Å²) in [5, 5.41) is 12.9. The van der Waals surface area contributed by atoms with Gasteiger partial charge in [-0.3, -0.25) is 0 Å². The average Bonchev–Trinajstić information content (AvgIpc) is 2.90. The van der Waals surface area contributed by atoms with E-state index in [-0.39, 0.29) is 18.7 Å². The molecule has 3 nitrogen and oxygen atoms in total. The molecule has 1 heterocycles. The molecule has 0 saturated carbocycles. The zero-order valence-electron chi connectivity index (χ0n) is 10.5. The third kappa shape index (κ3) is 3.45. The number of rotatable bonds is 6. The molecule has 0 saturated heterocycles. The topological polar surface area (TPSA) is 45.4 Å². The van der Waals surface area contributed by atoms with Gasteiger partial charge in [-0.25, -0.2) is 0 Å². The summed E-state index contributed by atoms with van der Waals surface area (Å²) in [5.41, 5.74) is 1.10. The van der Waals surface area contributed by atoms with Crippen LogP contribution < -0.4 is 5.32 Å². The molecule has 96 valence electrons. The Kier molecular flexibility index (Phi) is 4.56. The van der Waals surface area contributed by atoms with E-state index in [0.717, 1.165) is 17.7 Å². The fraction of sp³-hybridized carbons (Fsp3) is 0.333. The molecule has 2 N–H and O–H groups in total. The van der Waals surface area contributed by atoms with E-state index >= 15 is 0 Å². The summed E-state index contributed by atoms with van der Waals surface area (Å²) >= 11 is 0. The number of furan rings is 1. The molecular formula is C15H19NO2. The largest absolute Gasteiger partial charge is 0.469 e. The summed E-state index contributed by atoms with van der Waals surface area (Å²) in [6.07, 6.45) is 2.50. The number of benzene rings is 1. The van der Waals surface area contributed by atoms with Crippen molar-refractivity contribution in [2.45, 2.75) is 25.4 Å². The third-order valence-electron chi connectivity index (χ3n) is 2.96. The van der Waals surface area contributed by atoms with Crippen molar-refractivity contribution in [2.75, 3.05) is 6.61 Å². The van der Waals surface area contributed by atoms with Crippen LogP contribution in [0.25, 0.3) is 0 Å².